The van der Waals surface area contributed by atoms with Gasteiger partial charge in [-0.25, -0.2) is 4.79 Å². The van der Waals surface area contributed by atoms with Crippen molar-refractivity contribution >= 4 is 23.6 Å². The van der Waals surface area contributed by atoms with Gasteiger partial charge >= 0.3 is 12.0 Å². The number of carbonyl (C=O) groups excluding carboxylic acids is 2. The molecule has 1 saturated heterocycles. The molecule has 3 amide bonds. The summed E-state index contributed by atoms with van der Waals surface area (Å²) in [5.41, 5.74) is 0.747. The number of para-hydroxylation sites is 1. The van der Waals surface area contributed by atoms with Crippen LogP contribution < -0.4 is 10.6 Å². The molecule has 0 aliphatic carbocycles. The molecule has 1 unspecified atom stereocenters. The third-order valence-corrected chi connectivity index (χ3v) is 4.72. The van der Waals surface area contributed by atoms with E-state index >= 15 is 0 Å². The number of carbonyl (C=O) groups is 3. The molecule has 3 N–H and O–H groups in total. The maximum Gasteiger partial charge on any atom is 0.321 e. The van der Waals surface area contributed by atoms with Crippen molar-refractivity contribution in [3.8, 4) is 0 Å². The predicted molar refractivity (Wildman–Crippen MR) is 103 cm³/mol. The highest BCUT2D eigenvalue weighted by Crippen LogP contribution is 2.18. The molecule has 1 aliphatic rings. The van der Waals surface area contributed by atoms with Crippen LogP contribution in [0.25, 0.3) is 0 Å². The van der Waals surface area contributed by atoms with Crippen molar-refractivity contribution in [2.24, 2.45) is 5.92 Å². The molecule has 0 saturated carbocycles. The fourth-order valence-electron chi connectivity index (χ4n) is 3.21. The topological polar surface area (TPSA) is 98.7 Å². The Balaban J connectivity index is 1.66. The average molecular weight is 375 g/mol. The van der Waals surface area contributed by atoms with Crippen molar-refractivity contribution in [3.63, 3.8) is 0 Å². The summed E-state index contributed by atoms with van der Waals surface area (Å²) in [5, 5.41) is 14.4. The molecule has 1 aromatic carbocycles. The van der Waals surface area contributed by atoms with Gasteiger partial charge in [-0.1, -0.05) is 31.0 Å². The number of carboxylic acids is 1. The largest absolute Gasteiger partial charge is 0.481 e. The number of amides is 3. The lowest BCUT2D eigenvalue weighted by atomic mass is 9.97. The molecule has 7 heteroatoms. The molecule has 1 fully saturated rings. The molecule has 2 rings (SSSR count). The Kier molecular flexibility index (Phi) is 8.61. The molecule has 0 aromatic heterocycles. The van der Waals surface area contributed by atoms with Gasteiger partial charge in [-0.05, 0) is 37.8 Å². The van der Waals surface area contributed by atoms with Gasteiger partial charge in [-0.15, -0.1) is 0 Å². The lowest BCUT2D eigenvalue weighted by molar-refractivity contribution is -0.137. The smallest absolute Gasteiger partial charge is 0.321 e. The zero-order valence-corrected chi connectivity index (χ0v) is 15.7. The second-order valence-electron chi connectivity index (χ2n) is 6.93. The third kappa shape index (κ3) is 7.68. The van der Waals surface area contributed by atoms with Crippen molar-refractivity contribution in [1.82, 2.24) is 10.2 Å². The van der Waals surface area contributed by atoms with Gasteiger partial charge < -0.3 is 20.6 Å². The van der Waals surface area contributed by atoms with E-state index in [0.717, 1.165) is 37.8 Å². The SMILES string of the molecule is O=C(O)CCCCCCNC(=O)C1CCCN(C(=O)Nc2ccccc2)C1. The number of likely N-dealkylation sites (tertiary alicyclic amines) is 1. The van der Waals surface area contributed by atoms with Crippen LogP contribution in [0.5, 0.6) is 0 Å². The number of nitrogens with zero attached hydrogens (tertiary/aromatic N) is 1. The fraction of sp³-hybridized carbons (Fsp3) is 0.550. The van der Waals surface area contributed by atoms with Crippen LogP contribution in [0.15, 0.2) is 30.3 Å². The number of unbranched alkanes of at least 4 members (excludes halogenated alkanes) is 3. The number of anilines is 1. The number of piperidine rings is 1. The van der Waals surface area contributed by atoms with Gasteiger partial charge in [0.1, 0.15) is 0 Å². The number of hydrogen-bond donors (Lipinski definition) is 3. The highest BCUT2D eigenvalue weighted by molar-refractivity contribution is 5.90. The predicted octanol–water partition coefficient (Wildman–Crippen LogP) is 3.08. The van der Waals surface area contributed by atoms with E-state index in [9.17, 15) is 14.4 Å². The zero-order chi connectivity index (χ0) is 19.5. The molecular formula is C20H29N3O4. The minimum atomic E-state index is -0.763. The van der Waals surface area contributed by atoms with E-state index in [1.54, 1.807) is 4.90 Å². The molecular weight excluding hydrogens is 346 g/mol. The van der Waals surface area contributed by atoms with Crippen LogP contribution in [0.2, 0.25) is 0 Å². The number of hydrogen-bond acceptors (Lipinski definition) is 3. The highest BCUT2D eigenvalue weighted by Gasteiger charge is 2.28. The second-order valence-corrected chi connectivity index (χ2v) is 6.93. The summed E-state index contributed by atoms with van der Waals surface area (Å²) in [6.45, 7) is 1.69. The summed E-state index contributed by atoms with van der Waals surface area (Å²) in [6.07, 6.45) is 5.10. The Hall–Kier alpha value is -2.57. The Bertz CT molecular complexity index is 621. The molecule has 7 nitrogen and oxygen atoms in total. The van der Waals surface area contributed by atoms with Crippen molar-refractivity contribution < 1.29 is 19.5 Å². The van der Waals surface area contributed by atoms with Gasteiger partial charge in [0.05, 0.1) is 5.92 Å². The normalized spacial score (nSPS) is 16.6. The summed E-state index contributed by atoms with van der Waals surface area (Å²) in [7, 11) is 0. The Morgan fingerprint density at radius 1 is 1.07 bits per heavy atom. The monoisotopic (exact) mass is 375 g/mol. The number of nitrogens with one attached hydrogen (secondary N) is 2. The van der Waals surface area contributed by atoms with Crippen LogP contribution in [0.1, 0.15) is 44.9 Å². The van der Waals surface area contributed by atoms with E-state index in [-0.39, 0.29) is 24.3 Å². The summed E-state index contributed by atoms with van der Waals surface area (Å²) in [5.74, 6) is -0.938. The van der Waals surface area contributed by atoms with E-state index in [0.29, 0.717) is 26.1 Å². The Morgan fingerprint density at radius 3 is 2.56 bits per heavy atom. The molecule has 0 radical (unpaired) electrons. The third-order valence-electron chi connectivity index (χ3n) is 4.72. The maximum atomic E-state index is 12.4. The van der Waals surface area contributed by atoms with Gasteiger partial charge in [0, 0.05) is 31.7 Å². The van der Waals surface area contributed by atoms with Crippen molar-refractivity contribution in [3.05, 3.63) is 30.3 Å². The van der Waals surface area contributed by atoms with E-state index in [1.807, 2.05) is 30.3 Å². The first-order chi connectivity index (χ1) is 13.1. The summed E-state index contributed by atoms with van der Waals surface area (Å²) in [6, 6.07) is 9.12. The van der Waals surface area contributed by atoms with Crippen LogP contribution in [0.3, 0.4) is 0 Å². The highest BCUT2D eigenvalue weighted by atomic mass is 16.4. The number of carboxylic acid groups (broad SMARTS) is 1. The zero-order valence-electron chi connectivity index (χ0n) is 15.7. The fourth-order valence-corrected chi connectivity index (χ4v) is 3.21. The molecule has 1 aliphatic heterocycles. The number of urea groups is 1. The lowest BCUT2D eigenvalue weighted by Gasteiger charge is -2.32. The van der Waals surface area contributed by atoms with Gasteiger partial charge in [-0.3, -0.25) is 9.59 Å². The van der Waals surface area contributed by atoms with Gasteiger partial charge in [0.2, 0.25) is 5.91 Å². The lowest BCUT2D eigenvalue weighted by Crippen LogP contribution is -2.47. The molecule has 1 atom stereocenters. The number of rotatable bonds is 9. The number of aliphatic carboxylic acids is 1. The summed E-state index contributed by atoms with van der Waals surface area (Å²) < 4.78 is 0. The van der Waals surface area contributed by atoms with Crippen LogP contribution in [0.4, 0.5) is 10.5 Å². The van der Waals surface area contributed by atoms with Crippen molar-refractivity contribution in [2.45, 2.75) is 44.9 Å². The molecule has 0 spiro atoms. The first-order valence-electron chi connectivity index (χ1n) is 9.67. The van der Waals surface area contributed by atoms with Crippen LogP contribution in [-0.2, 0) is 9.59 Å². The molecule has 1 aromatic rings. The maximum absolute atomic E-state index is 12.4. The minimum absolute atomic E-state index is 0.00209. The quantitative estimate of drug-likeness (QED) is 0.578. The Labute approximate surface area is 160 Å². The van der Waals surface area contributed by atoms with Gasteiger partial charge in [0.25, 0.3) is 0 Å². The van der Waals surface area contributed by atoms with E-state index < -0.39 is 5.97 Å². The molecule has 1 heterocycles. The molecule has 27 heavy (non-hydrogen) atoms. The van der Waals surface area contributed by atoms with Crippen LogP contribution in [0, 0.1) is 5.92 Å². The second kappa shape index (κ2) is 11.2. The summed E-state index contributed by atoms with van der Waals surface area (Å²) in [4.78, 5) is 36.9. The standard InChI is InChI=1S/C20H29N3O4/c24-18(25)12-6-1-2-7-13-21-19(26)16-9-8-14-23(15-16)20(27)22-17-10-4-3-5-11-17/h3-5,10-11,16H,1-2,6-9,12-15H2,(H,21,26)(H,22,27)(H,24,25). The first kappa shape index (κ1) is 20.7. The van der Waals surface area contributed by atoms with Crippen LogP contribution >= 0.6 is 0 Å². The van der Waals surface area contributed by atoms with Gasteiger partial charge in [0.15, 0.2) is 0 Å². The number of benzene rings is 1. The average Bonchev–Trinajstić information content (AvgIpc) is 2.67. The van der Waals surface area contributed by atoms with E-state index in [1.165, 1.54) is 0 Å². The van der Waals surface area contributed by atoms with E-state index in [4.69, 9.17) is 5.11 Å². The summed E-state index contributed by atoms with van der Waals surface area (Å²) >= 11 is 0. The molecule has 0 bridgehead atoms. The first-order valence-corrected chi connectivity index (χ1v) is 9.67. The Morgan fingerprint density at radius 2 is 1.81 bits per heavy atom. The van der Waals surface area contributed by atoms with Crippen LogP contribution in [-0.4, -0.2) is 47.5 Å². The van der Waals surface area contributed by atoms with Crippen molar-refractivity contribution in [2.75, 3.05) is 25.0 Å². The minimum Gasteiger partial charge on any atom is -0.481 e. The van der Waals surface area contributed by atoms with Crippen molar-refractivity contribution in [1.29, 1.82) is 0 Å². The van der Waals surface area contributed by atoms with E-state index in [2.05, 4.69) is 10.6 Å². The molecule has 148 valence electrons. The van der Waals surface area contributed by atoms with Gasteiger partial charge in [-0.2, -0.15) is 0 Å².